The topological polar surface area (TPSA) is 90.4 Å². The Morgan fingerprint density at radius 3 is 2.71 bits per heavy atom. The van der Waals surface area contributed by atoms with Crippen molar-refractivity contribution >= 4 is 21.7 Å². The Bertz CT molecular complexity index is 635. The fourth-order valence-electron chi connectivity index (χ4n) is 1.60. The maximum atomic E-state index is 11.7. The SMILES string of the molecule is O=c1[nH]c2ccccc2c(O)c1S(=O)CCO. The largest absolute Gasteiger partial charge is 0.506 e. The molecule has 2 rings (SSSR count). The number of aliphatic hydroxyl groups is 1. The highest BCUT2D eigenvalue weighted by Gasteiger charge is 2.16. The van der Waals surface area contributed by atoms with Crippen molar-refractivity contribution in [3.05, 3.63) is 34.6 Å². The molecule has 1 aromatic heterocycles. The van der Waals surface area contributed by atoms with Gasteiger partial charge in [-0.1, -0.05) is 12.1 Å². The molecule has 0 aliphatic heterocycles. The minimum absolute atomic E-state index is 0.0744. The Labute approximate surface area is 99.2 Å². The summed E-state index contributed by atoms with van der Waals surface area (Å²) in [5.74, 6) is -0.356. The van der Waals surface area contributed by atoms with Crippen LogP contribution in [0.4, 0.5) is 0 Å². The normalized spacial score (nSPS) is 12.8. The van der Waals surface area contributed by atoms with Gasteiger partial charge in [0.05, 0.1) is 28.7 Å². The Hall–Kier alpha value is -1.66. The van der Waals surface area contributed by atoms with Crippen LogP contribution >= 0.6 is 0 Å². The van der Waals surface area contributed by atoms with E-state index in [1.165, 1.54) is 0 Å². The smallest absolute Gasteiger partial charge is 0.268 e. The fourth-order valence-corrected chi connectivity index (χ4v) is 2.56. The average molecular weight is 253 g/mol. The van der Waals surface area contributed by atoms with Gasteiger partial charge in [0.2, 0.25) is 0 Å². The van der Waals surface area contributed by atoms with Crippen LogP contribution in [0.1, 0.15) is 0 Å². The van der Waals surface area contributed by atoms with E-state index in [4.69, 9.17) is 5.11 Å². The van der Waals surface area contributed by atoms with Crippen molar-refractivity contribution in [3.63, 3.8) is 0 Å². The predicted molar refractivity (Wildman–Crippen MR) is 64.6 cm³/mol. The Morgan fingerprint density at radius 1 is 1.29 bits per heavy atom. The summed E-state index contributed by atoms with van der Waals surface area (Å²) in [6.45, 7) is -0.307. The number of hydrogen-bond acceptors (Lipinski definition) is 4. The van der Waals surface area contributed by atoms with Crippen molar-refractivity contribution in [3.8, 4) is 5.75 Å². The van der Waals surface area contributed by atoms with E-state index < -0.39 is 16.4 Å². The van der Waals surface area contributed by atoms with Crippen molar-refractivity contribution in [1.82, 2.24) is 4.98 Å². The lowest BCUT2D eigenvalue weighted by Crippen LogP contribution is -2.17. The molecule has 0 amide bonds. The summed E-state index contributed by atoms with van der Waals surface area (Å²) in [5, 5.41) is 19.1. The number of nitrogens with one attached hydrogen (secondary N) is 1. The predicted octanol–water partition coefficient (Wildman–Crippen LogP) is 0.334. The van der Waals surface area contributed by atoms with Gasteiger partial charge in [0.1, 0.15) is 10.6 Å². The van der Waals surface area contributed by atoms with Gasteiger partial charge < -0.3 is 15.2 Å². The minimum Gasteiger partial charge on any atom is -0.506 e. The molecule has 1 heterocycles. The summed E-state index contributed by atoms with van der Waals surface area (Å²) in [4.78, 5) is 14.0. The van der Waals surface area contributed by atoms with Crippen LogP contribution in [0.2, 0.25) is 0 Å². The quantitative estimate of drug-likeness (QED) is 0.735. The molecule has 0 fully saturated rings. The number of fused-ring (bicyclic) bond motifs is 1. The van der Waals surface area contributed by atoms with E-state index in [1.807, 2.05) is 0 Å². The molecule has 1 aromatic carbocycles. The Balaban J connectivity index is 2.72. The third-order valence-corrected chi connectivity index (χ3v) is 3.74. The molecule has 2 aromatic rings. The first-order valence-electron chi connectivity index (χ1n) is 4.98. The van der Waals surface area contributed by atoms with E-state index in [1.54, 1.807) is 24.3 Å². The van der Waals surface area contributed by atoms with Gasteiger partial charge in [-0.15, -0.1) is 0 Å². The summed E-state index contributed by atoms with van der Waals surface area (Å²) in [6.07, 6.45) is 0. The number of para-hydroxylation sites is 1. The van der Waals surface area contributed by atoms with Crippen molar-refractivity contribution in [2.45, 2.75) is 4.90 Å². The molecule has 1 atom stereocenters. The van der Waals surface area contributed by atoms with Crippen LogP contribution in [0.15, 0.2) is 34.0 Å². The molecule has 17 heavy (non-hydrogen) atoms. The molecule has 0 spiro atoms. The maximum absolute atomic E-state index is 11.7. The molecule has 0 saturated heterocycles. The van der Waals surface area contributed by atoms with Crippen LogP contribution in [-0.2, 0) is 10.8 Å². The van der Waals surface area contributed by atoms with Gasteiger partial charge in [-0.25, -0.2) is 0 Å². The zero-order chi connectivity index (χ0) is 12.4. The molecule has 3 N–H and O–H groups in total. The van der Waals surface area contributed by atoms with Crippen molar-refractivity contribution in [2.75, 3.05) is 12.4 Å². The molecule has 6 heteroatoms. The number of aromatic nitrogens is 1. The number of benzene rings is 1. The molecule has 0 bridgehead atoms. The van der Waals surface area contributed by atoms with E-state index in [2.05, 4.69) is 4.98 Å². The van der Waals surface area contributed by atoms with Crippen LogP contribution in [0, 0.1) is 0 Å². The van der Waals surface area contributed by atoms with E-state index in [0.29, 0.717) is 10.9 Å². The second kappa shape index (κ2) is 4.68. The summed E-state index contributed by atoms with van der Waals surface area (Å²) >= 11 is 0. The van der Waals surface area contributed by atoms with Crippen LogP contribution < -0.4 is 5.56 Å². The standard InChI is InChI=1S/C11H11NO4S/c13-5-6-17(16)10-9(14)7-3-1-2-4-8(7)12-11(10)15/h1-4,13H,5-6H2,(H2,12,14,15). The summed E-state index contributed by atoms with van der Waals surface area (Å²) in [5.41, 5.74) is -0.104. The summed E-state index contributed by atoms with van der Waals surface area (Å²) < 4.78 is 11.7. The second-order valence-corrected chi connectivity index (χ2v) is 4.96. The molecule has 1 unspecified atom stereocenters. The van der Waals surface area contributed by atoms with Crippen molar-refractivity contribution in [1.29, 1.82) is 0 Å². The lowest BCUT2D eigenvalue weighted by atomic mass is 10.2. The third-order valence-electron chi connectivity index (χ3n) is 2.36. The minimum atomic E-state index is -1.71. The highest BCUT2D eigenvalue weighted by molar-refractivity contribution is 7.85. The third kappa shape index (κ3) is 2.09. The van der Waals surface area contributed by atoms with Gasteiger partial charge in [0, 0.05) is 5.39 Å². The molecular formula is C11H11NO4S. The highest BCUT2D eigenvalue weighted by Crippen LogP contribution is 2.26. The molecule has 0 aliphatic rings. The van der Waals surface area contributed by atoms with Crippen molar-refractivity contribution in [2.24, 2.45) is 0 Å². The zero-order valence-electron chi connectivity index (χ0n) is 8.84. The molecule has 0 saturated carbocycles. The first kappa shape index (κ1) is 11.8. The van der Waals surface area contributed by atoms with Crippen LogP contribution in [0.25, 0.3) is 10.9 Å². The zero-order valence-corrected chi connectivity index (χ0v) is 9.66. The first-order valence-corrected chi connectivity index (χ1v) is 6.30. The first-order chi connectivity index (χ1) is 8.15. The Kier molecular flexibility index (Phi) is 3.26. The number of H-pyrrole nitrogens is 1. The summed E-state index contributed by atoms with van der Waals surface area (Å²) in [7, 11) is -1.71. The van der Waals surface area contributed by atoms with E-state index in [0.717, 1.165) is 0 Å². The lowest BCUT2D eigenvalue weighted by Gasteiger charge is -2.06. The number of aromatic amines is 1. The van der Waals surface area contributed by atoms with Gasteiger partial charge in [-0.2, -0.15) is 0 Å². The maximum Gasteiger partial charge on any atom is 0.268 e. The van der Waals surface area contributed by atoms with Crippen molar-refractivity contribution < 1.29 is 14.4 Å². The van der Waals surface area contributed by atoms with E-state index >= 15 is 0 Å². The molecular weight excluding hydrogens is 242 g/mol. The molecule has 5 nitrogen and oxygen atoms in total. The molecule has 0 aliphatic carbocycles. The van der Waals surface area contributed by atoms with Crippen LogP contribution in [-0.4, -0.2) is 31.8 Å². The van der Waals surface area contributed by atoms with E-state index in [9.17, 15) is 14.1 Å². The number of aromatic hydroxyl groups is 1. The molecule has 0 radical (unpaired) electrons. The number of rotatable bonds is 3. The van der Waals surface area contributed by atoms with Gasteiger partial charge in [0.25, 0.3) is 5.56 Å². The highest BCUT2D eigenvalue weighted by atomic mass is 32.2. The molecule has 90 valence electrons. The fraction of sp³-hybridized carbons (Fsp3) is 0.182. The van der Waals surface area contributed by atoms with Crippen LogP contribution in [0.3, 0.4) is 0 Å². The summed E-state index contributed by atoms with van der Waals surface area (Å²) in [6, 6.07) is 6.70. The van der Waals surface area contributed by atoms with Crippen LogP contribution in [0.5, 0.6) is 5.75 Å². The van der Waals surface area contributed by atoms with E-state index in [-0.39, 0.29) is 23.0 Å². The number of hydrogen-bond donors (Lipinski definition) is 3. The number of aliphatic hydroxyl groups excluding tert-OH is 1. The van der Waals surface area contributed by atoms with Gasteiger partial charge >= 0.3 is 0 Å². The Morgan fingerprint density at radius 2 is 2.00 bits per heavy atom. The lowest BCUT2D eigenvalue weighted by molar-refractivity contribution is 0.321. The average Bonchev–Trinajstić information content (AvgIpc) is 2.29. The second-order valence-electron chi connectivity index (χ2n) is 3.45. The van der Waals surface area contributed by atoms with Gasteiger partial charge in [-0.3, -0.25) is 9.00 Å². The number of pyridine rings is 1. The van der Waals surface area contributed by atoms with Gasteiger partial charge in [-0.05, 0) is 12.1 Å². The monoisotopic (exact) mass is 253 g/mol. The van der Waals surface area contributed by atoms with Gasteiger partial charge in [0.15, 0.2) is 0 Å².